The van der Waals surface area contributed by atoms with Crippen LogP contribution in [0.2, 0.25) is 0 Å². The largest absolute Gasteiger partial charge is 0.465 e. The van der Waals surface area contributed by atoms with Gasteiger partial charge in [-0.25, -0.2) is 14.6 Å². The maximum Gasteiger partial charge on any atom is 0.343 e. The summed E-state index contributed by atoms with van der Waals surface area (Å²) in [6.45, 7) is 0. The number of imidazole rings is 1. The van der Waals surface area contributed by atoms with E-state index < -0.39 is 11.9 Å². The lowest BCUT2D eigenvalue weighted by Crippen LogP contribution is -2.08. The molecule has 1 heterocycles. The highest BCUT2D eigenvalue weighted by Gasteiger charge is 2.11. The first-order valence-electron chi connectivity index (χ1n) is 6.51. The molecule has 0 spiro atoms. The third-order valence-electron chi connectivity index (χ3n) is 3.14. The van der Waals surface area contributed by atoms with Gasteiger partial charge in [-0.2, -0.15) is 0 Å². The third-order valence-corrected chi connectivity index (χ3v) is 3.14. The average Bonchev–Trinajstić information content (AvgIpc) is 3.02. The van der Waals surface area contributed by atoms with Crippen LogP contribution < -0.4 is 4.74 Å². The van der Waals surface area contributed by atoms with E-state index in [2.05, 4.69) is 14.7 Å². The second-order valence-corrected chi connectivity index (χ2v) is 4.54. The van der Waals surface area contributed by atoms with Crippen molar-refractivity contribution >= 4 is 23.0 Å². The highest BCUT2D eigenvalue weighted by atomic mass is 16.5. The normalized spacial score (nSPS) is 10.4. The van der Waals surface area contributed by atoms with Gasteiger partial charge in [0.2, 0.25) is 0 Å². The van der Waals surface area contributed by atoms with E-state index in [9.17, 15) is 9.59 Å². The van der Waals surface area contributed by atoms with Gasteiger partial charge in [-0.3, -0.25) is 0 Å². The number of carbonyl (C=O) groups is 2. The van der Waals surface area contributed by atoms with Crippen molar-refractivity contribution in [1.82, 2.24) is 9.97 Å². The number of fused-ring (bicyclic) bond motifs is 1. The Bertz CT molecular complexity index is 837. The van der Waals surface area contributed by atoms with E-state index in [0.717, 1.165) is 11.0 Å². The van der Waals surface area contributed by atoms with Crippen LogP contribution in [0.5, 0.6) is 5.75 Å². The number of esters is 2. The summed E-state index contributed by atoms with van der Waals surface area (Å²) in [5.74, 6) is -0.577. The van der Waals surface area contributed by atoms with Gasteiger partial charge in [-0.15, -0.1) is 0 Å². The molecule has 6 heteroatoms. The second-order valence-electron chi connectivity index (χ2n) is 4.54. The standard InChI is InChI=1S/C16H12N2O4/c1-21-15(19)10-2-5-12(6-3-10)22-16(20)11-4-7-13-14(8-11)18-9-17-13/h2-9H,1H3,(H,17,18). The fourth-order valence-electron chi connectivity index (χ4n) is 2.01. The van der Waals surface area contributed by atoms with Gasteiger partial charge in [0.05, 0.1) is 35.6 Å². The van der Waals surface area contributed by atoms with E-state index >= 15 is 0 Å². The molecular weight excluding hydrogens is 284 g/mol. The molecule has 0 fully saturated rings. The van der Waals surface area contributed by atoms with Crippen LogP contribution in [0.1, 0.15) is 20.7 Å². The van der Waals surface area contributed by atoms with Crippen LogP contribution in [0.15, 0.2) is 48.8 Å². The van der Waals surface area contributed by atoms with Gasteiger partial charge in [-0.1, -0.05) is 0 Å². The number of hydrogen-bond donors (Lipinski definition) is 1. The molecule has 0 amide bonds. The summed E-state index contributed by atoms with van der Waals surface area (Å²) >= 11 is 0. The van der Waals surface area contributed by atoms with E-state index in [-0.39, 0.29) is 0 Å². The molecule has 1 aromatic heterocycles. The van der Waals surface area contributed by atoms with Gasteiger partial charge >= 0.3 is 11.9 Å². The molecule has 0 bridgehead atoms. The van der Waals surface area contributed by atoms with E-state index in [4.69, 9.17) is 4.74 Å². The summed E-state index contributed by atoms with van der Waals surface area (Å²) in [6, 6.07) is 11.2. The summed E-state index contributed by atoms with van der Waals surface area (Å²) in [7, 11) is 1.31. The Morgan fingerprint density at radius 3 is 2.45 bits per heavy atom. The number of hydrogen-bond acceptors (Lipinski definition) is 5. The molecule has 2 aromatic carbocycles. The highest BCUT2D eigenvalue weighted by Crippen LogP contribution is 2.17. The third kappa shape index (κ3) is 2.67. The maximum atomic E-state index is 12.1. The van der Waals surface area contributed by atoms with Gasteiger partial charge in [-0.05, 0) is 42.5 Å². The highest BCUT2D eigenvalue weighted by molar-refractivity contribution is 5.95. The van der Waals surface area contributed by atoms with Crippen LogP contribution in [0.3, 0.4) is 0 Å². The molecule has 0 aliphatic rings. The Balaban J connectivity index is 1.77. The van der Waals surface area contributed by atoms with Gasteiger partial charge in [0.15, 0.2) is 0 Å². The van der Waals surface area contributed by atoms with E-state index in [1.54, 1.807) is 36.7 Å². The van der Waals surface area contributed by atoms with E-state index in [0.29, 0.717) is 16.9 Å². The van der Waals surface area contributed by atoms with Crippen molar-refractivity contribution in [2.45, 2.75) is 0 Å². The SMILES string of the molecule is COC(=O)c1ccc(OC(=O)c2ccc3nc[nH]c3c2)cc1. The molecule has 22 heavy (non-hydrogen) atoms. The number of aromatic nitrogens is 2. The summed E-state index contributed by atoms with van der Waals surface area (Å²) in [5.41, 5.74) is 2.34. The quantitative estimate of drug-likeness (QED) is 0.593. The molecule has 6 nitrogen and oxygen atoms in total. The van der Waals surface area contributed by atoms with Crippen LogP contribution in [0, 0.1) is 0 Å². The van der Waals surface area contributed by atoms with Crippen molar-refractivity contribution in [2.24, 2.45) is 0 Å². The van der Waals surface area contributed by atoms with Crippen molar-refractivity contribution < 1.29 is 19.1 Å². The van der Waals surface area contributed by atoms with Crippen LogP contribution in [0.4, 0.5) is 0 Å². The molecule has 0 unspecified atom stereocenters. The Labute approximate surface area is 125 Å². The topological polar surface area (TPSA) is 81.3 Å². The van der Waals surface area contributed by atoms with Gasteiger partial charge in [0, 0.05) is 0 Å². The second kappa shape index (κ2) is 5.69. The molecule has 3 rings (SSSR count). The van der Waals surface area contributed by atoms with Crippen molar-refractivity contribution in [2.75, 3.05) is 7.11 Å². The molecule has 0 atom stereocenters. The Hall–Kier alpha value is -3.15. The number of methoxy groups -OCH3 is 1. The van der Waals surface area contributed by atoms with Crippen LogP contribution in [-0.2, 0) is 4.74 Å². The lowest BCUT2D eigenvalue weighted by atomic mass is 10.2. The number of nitrogens with one attached hydrogen (secondary N) is 1. The number of nitrogens with zero attached hydrogens (tertiary/aromatic N) is 1. The van der Waals surface area contributed by atoms with Gasteiger partial charge in [0.25, 0.3) is 0 Å². The first kappa shape index (κ1) is 13.8. The molecular formula is C16H12N2O4. The molecule has 0 aliphatic heterocycles. The average molecular weight is 296 g/mol. The minimum absolute atomic E-state index is 0.349. The zero-order valence-corrected chi connectivity index (χ0v) is 11.7. The molecule has 110 valence electrons. The zero-order chi connectivity index (χ0) is 15.5. The van der Waals surface area contributed by atoms with Crippen molar-refractivity contribution in [3.63, 3.8) is 0 Å². The summed E-state index contributed by atoms with van der Waals surface area (Å²) < 4.78 is 9.87. The molecule has 3 aromatic rings. The summed E-state index contributed by atoms with van der Waals surface area (Å²) in [4.78, 5) is 30.5. The van der Waals surface area contributed by atoms with Crippen LogP contribution in [-0.4, -0.2) is 29.0 Å². The Morgan fingerprint density at radius 2 is 1.73 bits per heavy atom. The zero-order valence-electron chi connectivity index (χ0n) is 11.7. The minimum atomic E-state index is -0.484. The lowest BCUT2D eigenvalue weighted by molar-refractivity contribution is 0.0600. The predicted molar refractivity (Wildman–Crippen MR) is 78.8 cm³/mol. The number of carbonyl (C=O) groups excluding carboxylic acids is 2. The molecule has 0 saturated heterocycles. The van der Waals surface area contributed by atoms with Crippen molar-refractivity contribution in [3.05, 3.63) is 59.9 Å². The maximum absolute atomic E-state index is 12.1. The molecule has 0 aliphatic carbocycles. The smallest absolute Gasteiger partial charge is 0.343 e. The van der Waals surface area contributed by atoms with Crippen LogP contribution >= 0.6 is 0 Å². The summed E-state index contributed by atoms with van der Waals surface area (Å²) in [6.07, 6.45) is 1.56. The van der Waals surface area contributed by atoms with E-state index in [1.165, 1.54) is 19.2 Å². The van der Waals surface area contributed by atoms with Crippen molar-refractivity contribution in [1.29, 1.82) is 0 Å². The molecule has 0 radical (unpaired) electrons. The number of benzene rings is 2. The fourth-order valence-corrected chi connectivity index (χ4v) is 2.01. The number of ether oxygens (including phenoxy) is 2. The van der Waals surface area contributed by atoms with Gasteiger partial charge in [0.1, 0.15) is 5.75 Å². The van der Waals surface area contributed by atoms with E-state index in [1.807, 2.05) is 0 Å². The predicted octanol–water partition coefficient (Wildman–Crippen LogP) is 2.57. The Morgan fingerprint density at radius 1 is 1.00 bits per heavy atom. The first-order chi connectivity index (χ1) is 10.7. The number of H-pyrrole nitrogens is 1. The monoisotopic (exact) mass is 296 g/mol. The van der Waals surface area contributed by atoms with Gasteiger partial charge < -0.3 is 14.5 Å². The molecule has 1 N–H and O–H groups in total. The van der Waals surface area contributed by atoms with Crippen LogP contribution in [0.25, 0.3) is 11.0 Å². The fraction of sp³-hybridized carbons (Fsp3) is 0.0625. The minimum Gasteiger partial charge on any atom is -0.465 e. The first-order valence-corrected chi connectivity index (χ1v) is 6.51. The van der Waals surface area contributed by atoms with Crippen molar-refractivity contribution in [3.8, 4) is 5.75 Å². The Kier molecular flexibility index (Phi) is 3.57. The number of aromatic amines is 1. The lowest BCUT2D eigenvalue weighted by Gasteiger charge is -2.05. The number of rotatable bonds is 3. The molecule has 0 saturated carbocycles. The summed E-state index contributed by atoms with van der Waals surface area (Å²) in [5, 5.41) is 0.